The van der Waals surface area contributed by atoms with Crippen LogP contribution in [0.25, 0.3) is 115 Å². The number of nitrogens with one attached hydrogen (secondary N) is 2. The van der Waals surface area contributed by atoms with E-state index in [1.807, 2.05) is 24.3 Å². The molecule has 4 heteroatoms. The van der Waals surface area contributed by atoms with Gasteiger partial charge < -0.3 is 9.97 Å². The molecule has 7 aromatic rings. The summed E-state index contributed by atoms with van der Waals surface area (Å²) < 4.78 is 0. The molecule has 0 fully saturated rings. The Hall–Kier alpha value is -7.56. The van der Waals surface area contributed by atoms with E-state index < -0.39 is 0 Å². The average molecular weight is 719 g/mol. The first-order valence-corrected chi connectivity index (χ1v) is 18.6. The molecule has 0 amide bonds. The number of hydrogen-bond acceptors (Lipinski definition) is 2. The molecule has 3 aromatic heterocycles. The van der Waals surface area contributed by atoms with Gasteiger partial charge in [-0.3, -0.25) is 0 Å². The van der Waals surface area contributed by atoms with Gasteiger partial charge >= 0.3 is 0 Å². The van der Waals surface area contributed by atoms with E-state index in [0.717, 1.165) is 112 Å². The van der Waals surface area contributed by atoms with Gasteiger partial charge in [-0.15, -0.1) is 0 Å². The maximum absolute atomic E-state index is 5.41. The molecule has 8 bridgehead atoms. The molecule has 0 spiro atoms. The van der Waals surface area contributed by atoms with Crippen molar-refractivity contribution in [2.75, 3.05) is 0 Å². The maximum Gasteiger partial charge on any atom is 0.0737 e. The predicted octanol–water partition coefficient (Wildman–Crippen LogP) is 13.9. The van der Waals surface area contributed by atoms with Gasteiger partial charge in [-0.05, 0) is 93.1 Å². The second-order valence-electron chi connectivity index (χ2n) is 13.8. The standard InChI is InChI=1S/C52H38N4/c1-5-33-9-17-37(18-10-33)49-41-25-27-43(53-41)50(38-19-11-34(6-2)12-20-38)45-29-31-47(55-45)52(40-23-15-36(8-4)16-24-40)48-32-30-46(56-48)51(44-28-26-42(49)54-44)39-21-13-35(7-3)14-22-39/h5-32,53,56H,1-4H2. The Bertz CT molecular complexity index is 2530. The fraction of sp³-hybridized carbons (Fsp3) is 0. The lowest BCUT2D eigenvalue weighted by Crippen LogP contribution is -1.90. The van der Waals surface area contributed by atoms with Crippen LogP contribution in [-0.4, -0.2) is 19.9 Å². The molecule has 0 saturated carbocycles. The molecular weight excluding hydrogens is 681 g/mol. The van der Waals surface area contributed by atoms with Gasteiger partial charge in [-0.25, -0.2) is 9.97 Å². The number of hydrogen-bond donors (Lipinski definition) is 2. The summed E-state index contributed by atoms with van der Waals surface area (Å²) in [5.74, 6) is 0. The zero-order chi connectivity index (χ0) is 38.2. The molecule has 56 heavy (non-hydrogen) atoms. The van der Waals surface area contributed by atoms with Crippen molar-refractivity contribution in [2.45, 2.75) is 0 Å². The van der Waals surface area contributed by atoms with Crippen LogP contribution >= 0.6 is 0 Å². The summed E-state index contributed by atoms with van der Waals surface area (Å²) in [5.41, 5.74) is 19.6. The molecule has 0 saturated heterocycles. The van der Waals surface area contributed by atoms with Crippen molar-refractivity contribution in [1.82, 2.24) is 19.9 Å². The monoisotopic (exact) mass is 718 g/mol. The molecule has 9 rings (SSSR count). The molecule has 0 atom stereocenters. The van der Waals surface area contributed by atoms with Crippen LogP contribution in [0.1, 0.15) is 45.0 Å². The SMILES string of the molecule is C=Cc1ccc(-c2c3nc(c(-c4ccc(C=C)cc4)c4ccc([nH]4)c(-c4ccc(C=C)cc4)c4nc(c(-c5ccc(C=C)cc5)c5ccc2[nH]5)C=C4)C=C3)cc1. The van der Waals surface area contributed by atoms with Gasteiger partial charge in [-0.1, -0.05) is 148 Å². The van der Waals surface area contributed by atoms with Crippen LogP contribution in [0.2, 0.25) is 0 Å². The first-order chi connectivity index (χ1) is 27.5. The van der Waals surface area contributed by atoms with Crippen molar-refractivity contribution in [3.8, 4) is 44.5 Å². The van der Waals surface area contributed by atoms with Crippen LogP contribution < -0.4 is 0 Å². The van der Waals surface area contributed by atoms with Crippen LogP contribution in [0, 0.1) is 0 Å². The van der Waals surface area contributed by atoms with Crippen molar-refractivity contribution in [2.24, 2.45) is 0 Å². The van der Waals surface area contributed by atoms with Gasteiger partial charge in [-0.2, -0.15) is 0 Å². The number of aromatic nitrogens is 4. The Morgan fingerprint density at radius 3 is 0.714 bits per heavy atom. The number of benzene rings is 4. The summed E-state index contributed by atoms with van der Waals surface area (Å²) >= 11 is 0. The third-order valence-corrected chi connectivity index (χ3v) is 10.5. The minimum absolute atomic E-state index is 0.860. The quantitative estimate of drug-likeness (QED) is 0.164. The Balaban J connectivity index is 1.45. The number of aromatic amines is 2. The fourth-order valence-electron chi connectivity index (χ4n) is 7.56. The fourth-order valence-corrected chi connectivity index (χ4v) is 7.56. The molecule has 0 aliphatic carbocycles. The van der Waals surface area contributed by atoms with E-state index in [4.69, 9.17) is 9.97 Å². The second-order valence-corrected chi connectivity index (χ2v) is 13.8. The first kappa shape index (κ1) is 34.2. The van der Waals surface area contributed by atoms with E-state index in [9.17, 15) is 0 Å². The van der Waals surface area contributed by atoms with E-state index in [2.05, 4.69) is 182 Å². The van der Waals surface area contributed by atoms with Crippen LogP contribution in [0.15, 0.2) is 148 Å². The van der Waals surface area contributed by atoms with E-state index >= 15 is 0 Å². The highest BCUT2D eigenvalue weighted by atomic mass is 14.8. The first-order valence-electron chi connectivity index (χ1n) is 18.6. The molecule has 2 aliphatic heterocycles. The van der Waals surface area contributed by atoms with Crippen LogP contribution in [-0.2, 0) is 0 Å². The summed E-state index contributed by atoms with van der Waals surface area (Å²) in [4.78, 5) is 18.5. The lowest BCUT2D eigenvalue weighted by molar-refractivity contribution is 1.31. The lowest BCUT2D eigenvalue weighted by Gasteiger charge is -2.08. The smallest absolute Gasteiger partial charge is 0.0737 e. The number of nitrogens with zero attached hydrogens (tertiary/aromatic N) is 2. The minimum Gasteiger partial charge on any atom is -0.354 e. The van der Waals surface area contributed by atoms with Crippen LogP contribution in [0.5, 0.6) is 0 Å². The Kier molecular flexibility index (Phi) is 8.77. The molecule has 266 valence electrons. The normalized spacial score (nSPS) is 11.7. The zero-order valence-electron chi connectivity index (χ0n) is 30.9. The molecule has 0 radical (unpaired) electrons. The van der Waals surface area contributed by atoms with Gasteiger partial charge in [0.15, 0.2) is 0 Å². The predicted molar refractivity (Wildman–Crippen MR) is 241 cm³/mol. The van der Waals surface area contributed by atoms with E-state index in [0.29, 0.717) is 0 Å². The maximum atomic E-state index is 5.41. The molecule has 5 heterocycles. The number of fused-ring (bicyclic) bond motifs is 8. The summed E-state index contributed by atoms with van der Waals surface area (Å²) in [7, 11) is 0. The molecule has 2 N–H and O–H groups in total. The van der Waals surface area contributed by atoms with Crippen molar-refractivity contribution in [3.05, 3.63) is 193 Å². The molecular formula is C52H38N4. The lowest BCUT2D eigenvalue weighted by atomic mass is 10.0. The molecule has 2 aliphatic rings. The summed E-state index contributed by atoms with van der Waals surface area (Å²) in [6.45, 7) is 15.9. The highest BCUT2D eigenvalue weighted by Crippen LogP contribution is 2.38. The Labute approximate surface area is 326 Å². The average Bonchev–Trinajstić information content (AvgIpc) is 4.10. The molecule has 4 aromatic carbocycles. The molecule has 0 unspecified atom stereocenters. The van der Waals surface area contributed by atoms with E-state index in [1.54, 1.807) is 0 Å². The highest BCUT2D eigenvalue weighted by molar-refractivity contribution is 6.00. The number of H-pyrrole nitrogens is 2. The minimum atomic E-state index is 0.860. The van der Waals surface area contributed by atoms with Gasteiger partial charge in [0, 0.05) is 44.3 Å². The van der Waals surface area contributed by atoms with Crippen molar-refractivity contribution < 1.29 is 0 Å². The third-order valence-electron chi connectivity index (χ3n) is 10.5. The Morgan fingerprint density at radius 1 is 0.304 bits per heavy atom. The Morgan fingerprint density at radius 2 is 0.518 bits per heavy atom. The summed E-state index contributed by atoms with van der Waals surface area (Å²) in [6, 6.07) is 42.4. The third kappa shape index (κ3) is 6.19. The second kappa shape index (κ2) is 14.3. The molecule has 4 nitrogen and oxygen atoms in total. The summed E-state index contributed by atoms with van der Waals surface area (Å²) in [6.07, 6.45) is 15.9. The van der Waals surface area contributed by atoms with Gasteiger partial charge in [0.25, 0.3) is 0 Å². The van der Waals surface area contributed by atoms with Gasteiger partial charge in [0.2, 0.25) is 0 Å². The van der Waals surface area contributed by atoms with Crippen LogP contribution in [0.4, 0.5) is 0 Å². The van der Waals surface area contributed by atoms with Gasteiger partial charge in [0.05, 0.1) is 22.8 Å². The van der Waals surface area contributed by atoms with Crippen molar-refractivity contribution in [3.63, 3.8) is 0 Å². The largest absolute Gasteiger partial charge is 0.354 e. The van der Waals surface area contributed by atoms with Crippen molar-refractivity contribution >= 4 is 70.7 Å². The topological polar surface area (TPSA) is 57.4 Å². The van der Waals surface area contributed by atoms with Crippen LogP contribution in [0.3, 0.4) is 0 Å². The summed E-state index contributed by atoms with van der Waals surface area (Å²) in [5, 5.41) is 0. The van der Waals surface area contributed by atoms with E-state index in [1.165, 1.54) is 0 Å². The van der Waals surface area contributed by atoms with Gasteiger partial charge in [0.1, 0.15) is 0 Å². The van der Waals surface area contributed by atoms with E-state index in [-0.39, 0.29) is 0 Å². The number of rotatable bonds is 8. The zero-order valence-corrected chi connectivity index (χ0v) is 30.9. The highest BCUT2D eigenvalue weighted by Gasteiger charge is 2.19. The van der Waals surface area contributed by atoms with Crippen molar-refractivity contribution in [1.29, 1.82) is 0 Å².